The zero-order valence-corrected chi connectivity index (χ0v) is 25.7. The molecule has 0 bridgehead atoms. The number of amides is 2. The van der Waals surface area contributed by atoms with Gasteiger partial charge in [-0.3, -0.25) is 19.3 Å². The summed E-state index contributed by atoms with van der Waals surface area (Å²) in [7, 11) is 2.04. The van der Waals surface area contributed by atoms with Gasteiger partial charge in [0.25, 0.3) is 17.4 Å². The van der Waals surface area contributed by atoms with Gasteiger partial charge >= 0.3 is 0 Å². The minimum absolute atomic E-state index is 0.0248. The number of hydrogen-bond acceptors (Lipinski definition) is 8. The van der Waals surface area contributed by atoms with Crippen molar-refractivity contribution in [2.24, 2.45) is 0 Å². The van der Waals surface area contributed by atoms with E-state index in [9.17, 15) is 19.5 Å². The zero-order chi connectivity index (χ0) is 32.2. The first-order valence-electron chi connectivity index (χ1n) is 15.7. The van der Waals surface area contributed by atoms with Gasteiger partial charge in [0, 0.05) is 35.1 Å². The van der Waals surface area contributed by atoms with Gasteiger partial charge in [-0.25, -0.2) is 4.98 Å². The number of anilines is 1. The van der Waals surface area contributed by atoms with Crippen LogP contribution in [0.3, 0.4) is 0 Å². The van der Waals surface area contributed by atoms with Gasteiger partial charge in [0.05, 0.1) is 33.4 Å². The molecule has 3 aromatic carbocycles. The first-order chi connectivity index (χ1) is 22.9. The van der Waals surface area contributed by atoms with Crippen molar-refractivity contribution in [3.63, 3.8) is 0 Å². The molecule has 0 saturated carbocycles. The van der Waals surface area contributed by atoms with Gasteiger partial charge in [0.15, 0.2) is 0 Å². The molecule has 47 heavy (non-hydrogen) atoms. The number of carbonyl (C=O) groups is 2. The number of aliphatic hydroxyl groups excluding tert-OH is 1. The normalized spacial score (nSPS) is 16.4. The Kier molecular flexibility index (Phi) is 7.03. The summed E-state index contributed by atoms with van der Waals surface area (Å²) >= 11 is 0. The Morgan fingerprint density at radius 2 is 1.72 bits per heavy atom. The summed E-state index contributed by atoms with van der Waals surface area (Å²) < 4.78 is 6.06. The Bertz CT molecular complexity index is 2190. The minimum Gasteiger partial charge on any atom is -0.490 e. The van der Waals surface area contributed by atoms with Gasteiger partial charge in [-0.15, -0.1) is 0 Å². The lowest BCUT2D eigenvalue weighted by Crippen LogP contribution is -2.46. The van der Waals surface area contributed by atoms with Gasteiger partial charge in [0.1, 0.15) is 29.8 Å². The van der Waals surface area contributed by atoms with Crippen LogP contribution >= 0.6 is 0 Å². The molecule has 238 valence electrons. The molecule has 2 amide bonds. The number of aromatic nitrogens is 4. The second kappa shape index (κ2) is 11.4. The van der Waals surface area contributed by atoms with Crippen molar-refractivity contribution < 1.29 is 19.4 Å². The number of ether oxygens (including phenoxy) is 1. The third-order valence-corrected chi connectivity index (χ3v) is 9.22. The maximum Gasteiger partial charge on any atom is 0.261 e. The van der Waals surface area contributed by atoms with Crippen molar-refractivity contribution in [2.75, 3.05) is 38.6 Å². The molecule has 0 radical (unpaired) electrons. The molecule has 1 fully saturated rings. The van der Waals surface area contributed by atoms with Crippen LogP contribution in [0.15, 0.2) is 71.7 Å². The molecule has 1 unspecified atom stereocenters. The maximum absolute atomic E-state index is 13.4. The number of pyridine rings is 1. The number of likely N-dealkylation sites (tertiary alicyclic amines) is 1. The van der Waals surface area contributed by atoms with Crippen LogP contribution in [-0.2, 0) is 0 Å². The molecule has 12 heteroatoms. The molecule has 8 rings (SSSR count). The summed E-state index contributed by atoms with van der Waals surface area (Å²) in [6, 6.07) is 18.6. The van der Waals surface area contributed by atoms with Crippen molar-refractivity contribution in [3.05, 3.63) is 88.3 Å². The minimum atomic E-state index is -0.897. The topological polar surface area (TPSA) is 159 Å². The number of nitrogens with one attached hydrogen (secondary N) is 4. The first-order valence-corrected chi connectivity index (χ1v) is 15.7. The molecule has 2 aliphatic rings. The van der Waals surface area contributed by atoms with Gasteiger partial charge in [0.2, 0.25) is 0 Å². The lowest BCUT2D eigenvalue weighted by molar-refractivity contribution is 0.0516. The molecule has 1 atom stereocenters. The standard InChI is InChI=1S/C35H33N7O5/c1-41-13-10-19(11-14-41)42-34(45)22-15-27-28(16-23(22)35(42)46)40-32(39-27)31-25(9-12-36-33(31)44)37-17-20(43)18-47-29-8-4-7-26-30(29)21-5-2-3-6-24(21)38-26/h2-9,12,15-16,19-20,38,43H,10-11,13-14,17-18H2,1H3,(H,39,40)(H2,36,37,44). The second-order valence-corrected chi connectivity index (χ2v) is 12.3. The monoisotopic (exact) mass is 631 g/mol. The molecule has 3 aromatic heterocycles. The van der Waals surface area contributed by atoms with Crippen LogP contribution < -0.4 is 15.6 Å². The van der Waals surface area contributed by atoms with Gasteiger partial charge in [-0.1, -0.05) is 24.3 Å². The summed E-state index contributed by atoms with van der Waals surface area (Å²) in [6.07, 6.45) is 2.11. The van der Waals surface area contributed by atoms with Crippen molar-refractivity contribution in [2.45, 2.75) is 25.0 Å². The molecule has 0 spiro atoms. The number of benzene rings is 3. The molecule has 0 aliphatic carbocycles. The fraction of sp³-hybridized carbons (Fsp3) is 0.257. The van der Waals surface area contributed by atoms with Crippen LogP contribution in [0.25, 0.3) is 44.2 Å². The van der Waals surface area contributed by atoms with Crippen molar-refractivity contribution in [1.82, 2.24) is 29.7 Å². The van der Waals surface area contributed by atoms with E-state index < -0.39 is 6.10 Å². The second-order valence-electron chi connectivity index (χ2n) is 12.3. The maximum atomic E-state index is 13.4. The molecule has 12 nitrogen and oxygen atoms in total. The number of para-hydroxylation sites is 1. The largest absolute Gasteiger partial charge is 0.490 e. The molecule has 5 N–H and O–H groups in total. The molecular formula is C35H33N7O5. The van der Waals surface area contributed by atoms with Crippen LogP contribution in [0.1, 0.15) is 33.6 Å². The predicted octanol–water partition coefficient (Wildman–Crippen LogP) is 4.09. The van der Waals surface area contributed by atoms with E-state index >= 15 is 0 Å². The van der Waals surface area contributed by atoms with E-state index in [4.69, 9.17) is 4.74 Å². The number of rotatable bonds is 8. The van der Waals surface area contributed by atoms with Crippen LogP contribution in [0, 0.1) is 0 Å². The van der Waals surface area contributed by atoms with E-state index in [0.717, 1.165) is 47.7 Å². The number of imidazole rings is 1. The summed E-state index contributed by atoms with van der Waals surface area (Å²) in [5, 5.41) is 16.0. The van der Waals surface area contributed by atoms with Gasteiger partial charge in [-0.2, -0.15) is 0 Å². The van der Waals surface area contributed by atoms with E-state index in [1.807, 2.05) is 49.5 Å². The van der Waals surface area contributed by atoms with Crippen molar-refractivity contribution in [1.29, 1.82) is 0 Å². The SMILES string of the molecule is CN1CCC(N2C(=O)c3cc4nc(-c5c(NCC(O)COc6cccc7[nH]c8ccccc8c67)cc[nH]c5=O)[nH]c4cc3C2=O)CC1. The third-order valence-electron chi connectivity index (χ3n) is 9.22. The number of carbonyl (C=O) groups excluding carboxylic acids is 2. The van der Waals surface area contributed by atoms with Crippen LogP contribution in [-0.4, -0.2) is 92.1 Å². The third kappa shape index (κ3) is 5.02. The zero-order valence-electron chi connectivity index (χ0n) is 25.7. The average molecular weight is 632 g/mol. The highest BCUT2D eigenvalue weighted by molar-refractivity contribution is 6.23. The Hall–Kier alpha value is -5.46. The first kappa shape index (κ1) is 29.0. The fourth-order valence-electron chi connectivity index (χ4n) is 6.79. The van der Waals surface area contributed by atoms with E-state index in [0.29, 0.717) is 33.6 Å². The van der Waals surface area contributed by atoms with Crippen molar-refractivity contribution >= 4 is 50.3 Å². The molecule has 1 saturated heterocycles. The highest BCUT2D eigenvalue weighted by Gasteiger charge is 2.41. The number of aromatic amines is 3. The number of nitrogens with zero attached hydrogens (tertiary/aromatic N) is 3. The lowest BCUT2D eigenvalue weighted by Gasteiger charge is -2.33. The van der Waals surface area contributed by atoms with Gasteiger partial charge < -0.3 is 35.0 Å². The molecule has 5 heterocycles. The van der Waals surface area contributed by atoms with Crippen LogP contribution in [0.2, 0.25) is 0 Å². The number of hydrogen-bond donors (Lipinski definition) is 5. The summed E-state index contributed by atoms with van der Waals surface area (Å²) in [6.45, 7) is 1.79. The summed E-state index contributed by atoms with van der Waals surface area (Å²) in [5.74, 6) is 0.339. The van der Waals surface area contributed by atoms with E-state index in [1.54, 1.807) is 18.2 Å². The molecular weight excluding hydrogens is 598 g/mol. The number of piperidine rings is 1. The lowest BCUT2D eigenvalue weighted by atomic mass is 10.0. The van der Waals surface area contributed by atoms with Crippen LogP contribution in [0.5, 0.6) is 5.75 Å². The Labute approximate surface area is 268 Å². The summed E-state index contributed by atoms with van der Waals surface area (Å²) in [4.78, 5) is 57.3. The smallest absolute Gasteiger partial charge is 0.261 e. The van der Waals surface area contributed by atoms with E-state index in [2.05, 4.69) is 30.2 Å². The van der Waals surface area contributed by atoms with E-state index in [-0.39, 0.29) is 48.0 Å². The number of fused-ring (bicyclic) bond motifs is 5. The number of H-pyrrole nitrogens is 3. The quantitative estimate of drug-likeness (QED) is 0.157. The number of imide groups is 1. The predicted molar refractivity (Wildman–Crippen MR) is 179 cm³/mol. The Morgan fingerprint density at radius 1 is 0.957 bits per heavy atom. The molecule has 2 aliphatic heterocycles. The highest BCUT2D eigenvalue weighted by atomic mass is 16.5. The van der Waals surface area contributed by atoms with Crippen LogP contribution in [0.4, 0.5) is 5.69 Å². The average Bonchev–Trinajstić information content (AvgIpc) is 3.74. The van der Waals surface area contributed by atoms with Gasteiger partial charge in [-0.05, 0) is 69.4 Å². The Morgan fingerprint density at radius 3 is 2.55 bits per heavy atom. The fourth-order valence-corrected chi connectivity index (χ4v) is 6.79. The Balaban J connectivity index is 1.00. The van der Waals surface area contributed by atoms with E-state index in [1.165, 1.54) is 11.1 Å². The van der Waals surface area contributed by atoms with Crippen molar-refractivity contribution in [3.8, 4) is 17.1 Å². The number of aliphatic hydroxyl groups is 1. The molecule has 6 aromatic rings. The summed E-state index contributed by atoms with van der Waals surface area (Å²) in [5.41, 5.74) is 3.94. The highest BCUT2D eigenvalue weighted by Crippen LogP contribution is 2.34.